The molecule has 0 radical (unpaired) electrons. The second kappa shape index (κ2) is 40.3. The Balaban J connectivity index is -0.000000149. The maximum Gasteiger partial charge on any atom is 0.109 e. The molecule has 0 aromatic heterocycles. The lowest BCUT2D eigenvalue weighted by atomic mass is 9.98. The molecule has 40 heavy (non-hydrogen) atoms. The van der Waals surface area contributed by atoms with Gasteiger partial charge in [0.2, 0.25) is 0 Å². The van der Waals surface area contributed by atoms with Gasteiger partial charge in [-0.25, -0.2) is 0 Å². The molecule has 0 aliphatic rings. The first-order valence-corrected chi connectivity index (χ1v) is 14.7. The molecule has 0 aliphatic heterocycles. The van der Waals surface area contributed by atoms with Crippen molar-refractivity contribution >= 4 is 0 Å². The maximum atomic E-state index is 10.1. The summed E-state index contributed by atoms with van der Waals surface area (Å²) in [4.78, 5) is 0. The highest BCUT2D eigenvalue weighted by Gasteiger charge is 2.19. The minimum absolute atomic E-state index is 0.668. The third-order valence-electron chi connectivity index (χ3n) is 4.43. The molecule has 0 fully saturated rings. The quantitative estimate of drug-likeness (QED) is 0.337. The van der Waals surface area contributed by atoms with E-state index in [-0.39, 0.29) is 0 Å². The summed E-state index contributed by atoms with van der Waals surface area (Å²) in [5, 5.41) is 20.1. The van der Waals surface area contributed by atoms with Crippen molar-refractivity contribution in [1.29, 1.82) is 0 Å². The van der Waals surface area contributed by atoms with Crippen LogP contribution >= 0.6 is 0 Å². The van der Waals surface area contributed by atoms with Crippen LogP contribution in [0.4, 0.5) is 0 Å². The van der Waals surface area contributed by atoms with Gasteiger partial charge in [0.05, 0.1) is 0 Å². The number of allylic oxidation sites excluding steroid dienone is 8. The first-order valence-electron chi connectivity index (χ1n) is 14.7. The van der Waals surface area contributed by atoms with Crippen LogP contribution in [0.2, 0.25) is 0 Å². The Morgan fingerprint density at radius 2 is 1.05 bits per heavy atom. The van der Waals surface area contributed by atoms with E-state index >= 15 is 0 Å². The number of rotatable bonds is 7. The molecule has 0 saturated carbocycles. The summed E-state index contributed by atoms with van der Waals surface area (Å²) in [5.41, 5.74) is 3.96. The average molecular weight is 551 g/mol. The highest BCUT2D eigenvalue weighted by atomic mass is 16.3. The molecule has 2 aromatic carbocycles. The third kappa shape index (κ3) is 29.4. The fraction of sp³-hybridized carbons (Fsp3) is 0.368. The van der Waals surface area contributed by atoms with Gasteiger partial charge in [-0.3, -0.25) is 0 Å². The van der Waals surface area contributed by atoms with Gasteiger partial charge < -0.3 is 10.2 Å². The van der Waals surface area contributed by atoms with E-state index in [1.54, 1.807) is 42.5 Å². The minimum Gasteiger partial charge on any atom is -0.385 e. The number of benzene rings is 2. The van der Waals surface area contributed by atoms with E-state index in [0.717, 1.165) is 0 Å². The van der Waals surface area contributed by atoms with E-state index in [2.05, 4.69) is 45.2 Å². The van der Waals surface area contributed by atoms with Gasteiger partial charge in [-0.05, 0) is 38.8 Å². The molecule has 2 unspecified atom stereocenters. The van der Waals surface area contributed by atoms with Gasteiger partial charge in [0, 0.05) is 0 Å². The van der Waals surface area contributed by atoms with Crippen molar-refractivity contribution in [3.05, 3.63) is 145 Å². The zero-order valence-corrected chi connectivity index (χ0v) is 27.9. The van der Waals surface area contributed by atoms with Crippen LogP contribution in [0.15, 0.2) is 134 Å². The molecular formula is C38H62O2. The van der Waals surface area contributed by atoms with Crippen LogP contribution in [-0.4, -0.2) is 16.3 Å². The SMILES string of the molecule is C=C/C=C\C(=C/C)C(O)C(O)c1ccccc1.C=C/C=C\C(C)=C/C.CC.CC.CC.CC.Cc1ccccc1. The normalized spacial score (nSPS) is 11.3. The molecule has 226 valence electrons. The average Bonchev–Trinajstić information content (AvgIpc) is 3.05. The van der Waals surface area contributed by atoms with Crippen LogP contribution in [0.3, 0.4) is 0 Å². The second-order valence-electron chi connectivity index (χ2n) is 6.97. The number of aliphatic hydroxyl groups is 2. The van der Waals surface area contributed by atoms with Crippen LogP contribution in [-0.2, 0) is 0 Å². The van der Waals surface area contributed by atoms with E-state index in [1.807, 2.05) is 118 Å². The summed E-state index contributed by atoms with van der Waals surface area (Å²) in [6, 6.07) is 19.4. The highest BCUT2D eigenvalue weighted by Crippen LogP contribution is 2.22. The fourth-order valence-electron chi connectivity index (χ4n) is 2.41. The van der Waals surface area contributed by atoms with Crippen molar-refractivity contribution in [3.8, 4) is 0 Å². The Bertz CT molecular complexity index is 872. The first kappa shape index (κ1) is 46.6. The van der Waals surface area contributed by atoms with Gasteiger partial charge in [-0.2, -0.15) is 0 Å². The van der Waals surface area contributed by atoms with Gasteiger partial charge in [0.1, 0.15) is 12.2 Å². The Labute approximate surface area is 249 Å². The largest absolute Gasteiger partial charge is 0.385 e. The summed E-state index contributed by atoms with van der Waals surface area (Å²) in [6.07, 6.45) is 12.8. The topological polar surface area (TPSA) is 40.5 Å². The fourth-order valence-corrected chi connectivity index (χ4v) is 2.41. The van der Waals surface area contributed by atoms with E-state index < -0.39 is 12.2 Å². The van der Waals surface area contributed by atoms with E-state index in [0.29, 0.717) is 11.1 Å². The molecule has 0 bridgehead atoms. The summed E-state index contributed by atoms with van der Waals surface area (Å²) >= 11 is 0. The second-order valence-corrected chi connectivity index (χ2v) is 6.97. The zero-order valence-electron chi connectivity index (χ0n) is 27.9. The van der Waals surface area contributed by atoms with E-state index in [4.69, 9.17) is 0 Å². The Morgan fingerprint density at radius 3 is 1.38 bits per heavy atom. The minimum atomic E-state index is -0.932. The summed E-state index contributed by atoms with van der Waals surface area (Å²) in [7, 11) is 0. The predicted molar refractivity (Wildman–Crippen MR) is 186 cm³/mol. The molecule has 0 saturated heterocycles. The summed E-state index contributed by atoms with van der Waals surface area (Å²) < 4.78 is 0. The maximum absolute atomic E-state index is 10.1. The van der Waals surface area contributed by atoms with Crippen molar-refractivity contribution in [2.24, 2.45) is 0 Å². The summed E-state index contributed by atoms with van der Waals surface area (Å²) in [5.74, 6) is 0. The van der Waals surface area contributed by atoms with Crippen molar-refractivity contribution in [1.82, 2.24) is 0 Å². The molecule has 0 aliphatic carbocycles. The molecule has 0 amide bonds. The van der Waals surface area contributed by atoms with Gasteiger partial charge in [-0.1, -0.05) is 189 Å². The standard InChI is InChI=1S/C15H18O2.C8H12.C7H8.4C2H6/c1-3-5-9-12(4-2)14(16)15(17)13-10-7-6-8-11-13;1-4-6-7-8(3)5-2;1-7-5-3-2-4-6-7;4*1-2/h3-11,14-17H,1H2,2H3;4-7H,1H2,2-3H3;2-6H,1H3;4*1-2H3/b9-5-,12-4+;7-6-,8-5-;;;;;. The molecule has 0 spiro atoms. The lowest BCUT2D eigenvalue weighted by Crippen LogP contribution is -2.19. The Morgan fingerprint density at radius 1 is 0.650 bits per heavy atom. The number of aryl methyl sites for hydroxylation is 1. The molecule has 2 aromatic rings. The van der Waals surface area contributed by atoms with Crippen molar-refractivity contribution in [2.75, 3.05) is 0 Å². The van der Waals surface area contributed by atoms with E-state index in [9.17, 15) is 10.2 Å². The smallest absolute Gasteiger partial charge is 0.109 e. The van der Waals surface area contributed by atoms with Crippen LogP contribution in [0, 0.1) is 6.92 Å². The van der Waals surface area contributed by atoms with Crippen molar-refractivity contribution in [3.63, 3.8) is 0 Å². The lowest BCUT2D eigenvalue weighted by molar-refractivity contribution is 0.0432. The van der Waals surface area contributed by atoms with Crippen molar-refractivity contribution < 1.29 is 10.2 Å². The zero-order chi connectivity index (χ0) is 32.2. The number of hydrogen-bond donors (Lipinski definition) is 2. The van der Waals surface area contributed by atoms with Gasteiger partial charge >= 0.3 is 0 Å². The predicted octanol–water partition coefficient (Wildman–Crippen LogP) is 11.6. The van der Waals surface area contributed by atoms with Crippen molar-refractivity contribution in [2.45, 2.75) is 95.3 Å². The Hall–Kier alpha value is -3.20. The Kier molecular flexibility index (Phi) is 47.0. The molecule has 2 atom stereocenters. The van der Waals surface area contributed by atoms with E-state index in [1.165, 1.54) is 11.1 Å². The monoisotopic (exact) mass is 550 g/mol. The molecule has 2 rings (SSSR count). The molecular weight excluding hydrogens is 488 g/mol. The first-order chi connectivity index (χ1) is 19.4. The van der Waals surface area contributed by atoms with Crippen LogP contribution in [0.1, 0.15) is 93.4 Å². The lowest BCUT2D eigenvalue weighted by Gasteiger charge is -2.19. The molecule has 0 heterocycles. The van der Waals surface area contributed by atoms with Gasteiger partial charge in [0.25, 0.3) is 0 Å². The number of aliphatic hydroxyl groups excluding tert-OH is 2. The van der Waals surface area contributed by atoms with Gasteiger partial charge in [0.15, 0.2) is 0 Å². The number of hydrogen-bond acceptors (Lipinski definition) is 2. The molecule has 2 N–H and O–H groups in total. The van der Waals surface area contributed by atoms with Crippen LogP contribution < -0.4 is 0 Å². The van der Waals surface area contributed by atoms with Gasteiger partial charge in [-0.15, -0.1) is 0 Å². The van der Waals surface area contributed by atoms with Crippen LogP contribution in [0.5, 0.6) is 0 Å². The highest BCUT2D eigenvalue weighted by molar-refractivity contribution is 5.29. The third-order valence-corrected chi connectivity index (χ3v) is 4.43. The molecule has 2 nitrogen and oxygen atoms in total. The summed E-state index contributed by atoms with van der Waals surface area (Å²) in [6.45, 7) is 31.1. The van der Waals surface area contributed by atoms with Crippen LogP contribution in [0.25, 0.3) is 0 Å². The molecule has 2 heteroatoms.